The van der Waals surface area contributed by atoms with Gasteiger partial charge in [0.15, 0.2) is 0 Å². The number of methoxy groups -OCH3 is 1. The lowest BCUT2D eigenvalue weighted by atomic mass is 10.2. The molecular formula is C16H20N6O3. The number of aromatic nitrogens is 2. The van der Waals surface area contributed by atoms with Crippen molar-refractivity contribution in [2.75, 3.05) is 36.2 Å². The molecule has 0 saturated carbocycles. The second-order valence-corrected chi connectivity index (χ2v) is 5.13. The summed E-state index contributed by atoms with van der Waals surface area (Å²) in [6, 6.07) is 7.09. The Morgan fingerprint density at radius 3 is 2.72 bits per heavy atom. The van der Waals surface area contributed by atoms with Crippen LogP contribution in [0.15, 0.2) is 30.5 Å². The van der Waals surface area contributed by atoms with E-state index in [0.717, 1.165) is 0 Å². The normalized spacial score (nSPS) is 10.2. The first-order chi connectivity index (χ1) is 12.0. The number of nitrogens with zero attached hydrogens (tertiary/aromatic N) is 2. The lowest BCUT2D eigenvalue weighted by Crippen LogP contribution is -2.18. The fourth-order valence-electron chi connectivity index (χ4n) is 2.04. The fourth-order valence-corrected chi connectivity index (χ4v) is 2.04. The molecular weight excluding hydrogens is 324 g/mol. The number of anilines is 4. The van der Waals surface area contributed by atoms with Gasteiger partial charge in [-0.05, 0) is 18.2 Å². The third-order valence-electron chi connectivity index (χ3n) is 3.09. The molecule has 0 bridgehead atoms. The predicted octanol–water partition coefficient (Wildman–Crippen LogP) is 1.34. The standard InChI is InChI=1S/C16H20N6O3/c1-10(23)20-11-4-3-5-12(8-11)21-16-19-9-13(14(17)24)15(22-16)18-6-7-25-2/h3-5,8-9H,6-7H2,1-2H3,(H2,17,24)(H,20,23)(H2,18,19,21,22). The molecule has 0 atom stereocenters. The Balaban J connectivity index is 2.20. The largest absolute Gasteiger partial charge is 0.383 e. The Morgan fingerprint density at radius 2 is 2.04 bits per heavy atom. The van der Waals surface area contributed by atoms with Crippen molar-refractivity contribution in [2.24, 2.45) is 5.73 Å². The van der Waals surface area contributed by atoms with Gasteiger partial charge in [0.2, 0.25) is 11.9 Å². The molecule has 1 aromatic carbocycles. The fraction of sp³-hybridized carbons (Fsp3) is 0.250. The molecule has 1 aromatic heterocycles. The van der Waals surface area contributed by atoms with E-state index < -0.39 is 5.91 Å². The topological polar surface area (TPSA) is 131 Å². The number of hydrogen-bond acceptors (Lipinski definition) is 7. The van der Waals surface area contributed by atoms with Crippen molar-refractivity contribution in [3.05, 3.63) is 36.0 Å². The van der Waals surface area contributed by atoms with E-state index in [-0.39, 0.29) is 17.4 Å². The minimum absolute atomic E-state index is 0.163. The van der Waals surface area contributed by atoms with Gasteiger partial charge in [-0.15, -0.1) is 0 Å². The van der Waals surface area contributed by atoms with Gasteiger partial charge in [-0.3, -0.25) is 9.59 Å². The van der Waals surface area contributed by atoms with Crippen LogP contribution in [-0.2, 0) is 9.53 Å². The zero-order chi connectivity index (χ0) is 18.2. The van der Waals surface area contributed by atoms with Gasteiger partial charge in [-0.25, -0.2) is 4.98 Å². The molecule has 1 heterocycles. The Hall–Kier alpha value is -3.20. The molecule has 0 aliphatic rings. The van der Waals surface area contributed by atoms with Gasteiger partial charge in [0, 0.05) is 38.1 Å². The second-order valence-electron chi connectivity index (χ2n) is 5.13. The van der Waals surface area contributed by atoms with Crippen molar-refractivity contribution in [3.63, 3.8) is 0 Å². The molecule has 0 spiro atoms. The minimum Gasteiger partial charge on any atom is -0.383 e. The summed E-state index contributed by atoms with van der Waals surface area (Å²) in [5.41, 5.74) is 6.85. The van der Waals surface area contributed by atoms with Crippen LogP contribution in [0.5, 0.6) is 0 Å². The molecule has 2 amide bonds. The Kier molecular flexibility index (Phi) is 6.24. The van der Waals surface area contributed by atoms with E-state index in [9.17, 15) is 9.59 Å². The number of carbonyl (C=O) groups is 2. The van der Waals surface area contributed by atoms with E-state index in [0.29, 0.717) is 30.3 Å². The molecule has 25 heavy (non-hydrogen) atoms. The van der Waals surface area contributed by atoms with Gasteiger partial charge >= 0.3 is 0 Å². The second kappa shape index (κ2) is 8.60. The van der Waals surface area contributed by atoms with Crippen molar-refractivity contribution in [1.82, 2.24) is 9.97 Å². The molecule has 9 nitrogen and oxygen atoms in total. The maximum absolute atomic E-state index is 11.5. The quantitative estimate of drug-likeness (QED) is 0.531. The van der Waals surface area contributed by atoms with E-state index in [1.807, 2.05) is 0 Å². The average molecular weight is 344 g/mol. The van der Waals surface area contributed by atoms with E-state index in [1.54, 1.807) is 31.4 Å². The van der Waals surface area contributed by atoms with Gasteiger partial charge in [-0.1, -0.05) is 6.07 Å². The molecule has 0 fully saturated rings. The van der Waals surface area contributed by atoms with E-state index in [1.165, 1.54) is 13.1 Å². The summed E-state index contributed by atoms with van der Waals surface area (Å²) in [6.45, 7) is 2.35. The summed E-state index contributed by atoms with van der Waals surface area (Å²) in [6.07, 6.45) is 1.35. The highest BCUT2D eigenvalue weighted by atomic mass is 16.5. The maximum atomic E-state index is 11.5. The van der Waals surface area contributed by atoms with Gasteiger partial charge in [-0.2, -0.15) is 4.98 Å². The third kappa shape index (κ3) is 5.43. The SMILES string of the molecule is COCCNc1nc(Nc2cccc(NC(C)=O)c2)ncc1C(N)=O. The molecule has 9 heteroatoms. The third-order valence-corrected chi connectivity index (χ3v) is 3.09. The maximum Gasteiger partial charge on any atom is 0.254 e. The number of ether oxygens (including phenoxy) is 1. The summed E-state index contributed by atoms with van der Waals surface area (Å²) in [4.78, 5) is 31.0. The number of primary amides is 1. The highest BCUT2D eigenvalue weighted by Gasteiger charge is 2.12. The monoisotopic (exact) mass is 344 g/mol. The molecule has 5 N–H and O–H groups in total. The molecule has 2 rings (SSSR count). The van der Waals surface area contributed by atoms with Crippen LogP contribution in [0.4, 0.5) is 23.1 Å². The predicted molar refractivity (Wildman–Crippen MR) is 94.9 cm³/mol. The van der Waals surface area contributed by atoms with Crippen molar-refractivity contribution >= 4 is 35.0 Å². The number of nitrogens with one attached hydrogen (secondary N) is 3. The number of carbonyl (C=O) groups excluding carboxylic acids is 2. The Morgan fingerprint density at radius 1 is 1.28 bits per heavy atom. The minimum atomic E-state index is -0.626. The number of hydrogen-bond donors (Lipinski definition) is 4. The van der Waals surface area contributed by atoms with Crippen molar-refractivity contribution in [3.8, 4) is 0 Å². The number of nitrogens with two attached hydrogens (primary N) is 1. The summed E-state index contributed by atoms with van der Waals surface area (Å²) >= 11 is 0. The summed E-state index contributed by atoms with van der Waals surface area (Å²) in [7, 11) is 1.58. The molecule has 0 aliphatic heterocycles. The molecule has 2 aromatic rings. The van der Waals surface area contributed by atoms with Gasteiger partial charge in [0.05, 0.1) is 12.2 Å². The van der Waals surface area contributed by atoms with Crippen LogP contribution < -0.4 is 21.7 Å². The molecule has 0 unspecified atom stereocenters. The van der Waals surface area contributed by atoms with Crippen LogP contribution in [0.2, 0.25) is 0 Å². The molecule has 0 radical (unpaired) electrons. The highest BCUT2D eigenvalue weighted by molar-refractivity contribution is 5.97. The van der Waals surface area contributed by atoms with E-state index in [2.05, 4.69) is 25.9 Å². The van der Waals surface area contributed by atoms with Crippen LogP contribution in [0, 0.1) is 0 Å². The van der Waals surface area contributed by atoms with Crippen molar-refractivity contribution in [2.45, 2.75) is 6.92 Å². The highest BCUT2D eigenvalue weighted by Crippen LogP contribution is 2.20. The van der Waals surface area contributed by atoms with E-state index in [4.69, 9.17) is 10.5 Å². The first kappa shape index (κ1) is 18.1. The van der Waals surface area contributed by atoms with Gasteiger partial charge in [0.25, 0.3) is 5.91 Å². The molecule has 0 aliphatic carbocycles. The van der Waals surface area contributed by atoms with Gasteiger partial charge < -0.3 is 26.4 Å². The van der Waals surface area contributed by atoms with E-state index >= 15 is 0 Å². The van der Waals surface area contributed by atoms with Crippen LogP contribution in [0.25, 0.3) is 0 Å². The average Bonchev–Trinajstić information content (AvgIpc) is 2.55. The summed E-state index contributed by atoms with van der Waals surface area (Å²) < 4.78 is 4.96. The zero-order valence-corrected chi connectivity index (χ0v) is 14.0. The van der Waals surface area contributed by atoms with Crippen LogP contribution in [-0.4, -0.2) is 42.0 Å². The first-order valence-electron chi connectivity index (χ1n) is 7.54. The lowest BCUT2D eigenvalue weighted by molar-refractivity contribution is -0.114. The molecule has 0 saturated heterocycles. The number of amides is 2. The number of rotatable bonds is 8. The summed E-state index contributed by atoms with van der Waals surface area (Å²) in [5.74, 6) is -0.187. The zero-order valence-electron chi connectivity index (χ0n) is 14.0. The van der Waals surface area contributed by atoms with Crippen molar-refractivity contribution < 1.29 is 14.3 Å². The number of benzene rings is 1. The van der Waals surface area contributed by atoms with Gasteiger partial charge in [0.1, 0.15) is 5.82 Å². The van der Waals surface area contributed by atoms with Crippen LogP contribution >= 0.6 is 0 Å². The first-order valence-corrected chi connectivity index (χ1v) is 7.54. The molecule has 132 valence electrons. The van der Waals surface area contributed by atoms with Crippen molar-refractivity contribution in [1.29, 1.82) is 0 Å². The Bertz CT molecular complexity index is 765. The lowest BCUT2D eigenvalue weighted by Gasteiger charge is -2.12. The van der Waals surface area contributed by atoms with Crippen LogP contribution in [0.1, 0.15) is 17.3 Å². The smallest absolute Gasteiger partial charge is 0.254 e. The van der Waals surface area contributed by atoms with Crippen LogP contribution in [0.3, 0.4) is 0 Å². The summed E-state index contributed by atoms with van der Waals surface area (Å²) in [5, 5.41) is 8.70. The Labute approximate surface area is 145 Å².